The number of hydrogen-bond acceptors (Lipinski definition) is 3. The van der Waals surface area contributed by atoms with E-state index in [2.05, 4.69) is 21.5 Å². The molecule has 0 amide bonds. The number of aryl methyl sites for hydroxylation is 1. The first-order valence-corrected chi connectivity index (χ1v) is 6.17. The Kier molecular flexibility index (Phi) is 2.52. The molecule has 0 atom stereocenters. The highest BCUT2D eigenvalue weighted by Gasteiger charge is 2.15. The van der Waals surface area contributed by atoms with Crippen LogP contribution in [0, 0.1) is 0 Å². The maximum Gasteiger partial charge on any atom is 0.123 e. The van der Waals surface area contributed by atoms with Crippen molar-refractivity contribution in [2.45, 2.75) is 19.4 Å². The number of aromatic nitrogens is 2. The highest BCUT2D eigenvalue weighted by Crippen LogP contribution is 2.20. The molecule has 1 aliphatic heterocycles. The Bertz CT molecular complexity index is 538. The van der Waals surface area contributed by atoms with Crippen molar-refractivity contribution in [2.24, 2.45) is 7.05 Å². The third-order valence-electron chi connectivity index (χ3n) is 3.56. The van der Waals surface area contributed by atoms with Crippen molar-refractivity contribution in [1.29, 1.82) is 0 Å². The normalized spacial score (nSPS) is 17.0. The fourth-order valence-electron chi connectivity index (χ4n) is 2.55. The largest absolute Gasteiger partial charge is 0.399 e. The van der Waals surface area contributed by atoms with E-state index >= 15 is 0 Å². The minimum absolute atomic E-state index is 0.781. The fourth-order valence-corrected chi connectivity index (χ4v) is 2.55. The van der Waals surface area contributed by atoms with Crippen molar-refractivity contribution in [3.05, 3.63) is 24.0 Å². The molecule has 0 radical (unpaired) electrons. The monoisotopic (exact) mass is 230 g/mol. The van der Waals surface area contributed by atoms with E-state index in [9.17, 15) is 0 Å². The average molecular weight is 230 g/mol. The summed E-state index contributed by atoms with van der Waals surface area (Å²) in [5.74, 6) is 1.13. The van der Waals surface area contributed by atoms with Crippen LogP contribution in [0.3, 0.4) is 0 Å². The predicted molar refractivity (Wildman–Crippen MR) is 69.6 cm³/mol. The number of fused-ring (bicyclic) bond motifs is 1. The van der Waals surface area contributed by atoms with Crippen molar-refractivity contribution in [1.82, 2.24) is 14.5 Å². The molecule has 0 saturated carbocycles. The Labute approximate surface area is 101 Å². The maximum atomic E-state index is 5.79. The van der Waals surface area contributed by atoms with E-state index in [0.717, 1.165) is 29.1 Å². The topological polar surface area (TPSA) is 47.1 Å². The minimum Gasteiger partial charge on any atom is -0.399 e. The van der Waals surface area contributed by atoms with Crippen LogP contribution in [0.4, 0.5) is 5.69 Å². The van der Waals surface area contributed by atoms with Crippen LogP contribution in [0.1, 0.15) is 18.7 Å². The molecule has 3 rings (SSSR count). The molecule has 0 bridgehead atoms. The van der Waals surface area contributed by atoms with Crippen molar-refractivity contribution in [3.63, 3.8) is 0 Å². The smallest absolute Gasteiger partial charge is 0.123 e. The number of nitrogen functional groups attached to an aromatic ring is 1. The molecule has 1 saturated heterocycles. The van der Waals surface area contributed by atoms with Gasteiger partial charge in [-0.1, -0.05) is 0 Å². The van der Waals surface area contributed by atoms with Gasteiger partial charge in [0.2, 0.25) is 0 Å². The molecule has 2 heterocycles. The second kappa shape index (κ2) is 4.04. The summed E-state index contributed by atoms with van der Waals surface area (Å²) >= 11 is 0. The first-order chi connectivity index (χ1) is 8.24. The minimum atomic E-state index is 0.781. The zero-order valence-electron chi connectivity index (χ0n) is 10.2. The third-order valence-corrected chi connectivity index (χ3v) is 3.56. The molecule has 1 aliphatic rings. The summed E-state index contributed by atoms with van der Waals surface area (Å²) in [5, 5.41) is 0. The van der Waals surface area contributed by atoms with Crippen LogP contribution in [-0.4, -0.2) is 27.5 Å². The SMILES string of the molecule is Cn1c(CN2CCCC2)nc2cc(N)ccc21. The van der Waals surface area contributed by atoms with E-state index in [4.69, 9.17) is 5.73 Å². The number of likely N-dealkylation sites (tertiary alicyclic amines) is 1. The van der Waals surface area contributed by atoms with E-state index < -0.39 is 0 Å². The van der Waals surface area contributed by atoms with E-state index in [-0.39, 0.29) is 0 Å². The maximum absolute atomic E-state index is 5.79. The highest BCUT2D eigenvalue weighted by molar-refractivity contribution is 5.79. The molecule has 1 aromatic carbocycles. The van der Waals surface area contributed by atoms with Gasteiger partial charge in [0, 0.05) is 12.7 Å². The second-order valence-corrected chi connectivity index (χ2v) is 4.82. The Hall–Kier alpha value is -1.55. The van der Waals surface area contributed by atoms with Gasteiger partial charge in [0.15, 0.2) is 0 Å². The molecule has 17 heavy (non-hydrogen) atoms. The number of rotatable bonds is 2. The van der Waals surface area contributed by atoms with Gasteiger partial charge in [-0.05, 0) is 44.1 Å². The van der Waals surface area contributed by atoms with Crippen molar-refractivity contribution in [2.75, 3.05) is 18.8 Å². The Morgan fingerprint density at radius 1 is 1.29 bits per heavy atom. The Morgan fingerprint density at radius 2 is 2.06 bits per heavy atom. The molecule has 0 spiro atoms. The molecular formula is C13H18N4. The van der Waals surface area contributed by atoms with E-state index in [1.807, 2.05) is 18.2 Å². The van der Waals surface area contributed by atoms with Crippen LogP contribution in [0.25, 0.3) is 11.0 Å². The van der Waals surface area contributed by atoms with Gasteiger partial charge >= 0.3 is 0 Å². The Morgan fingerprint density at radius 3 is 2.82 bits per heavy atom. The van der Waals surface area contributed by atoms with Crippen LogP contribution < -0.4 is 5.73 Å². The molecule has 2 N–H and O–H groups in total. The molecule has 1 aromatic heterocycles. The predicted octanol–water partition coefficient (Wildman–Crippen LogP) is 1.75. The van der Waals surface area contributed by atoms with Crippen LogP contribution in [0.2, 0.25) is 0 Å². The third kappa shape index (κ3) is 1.89. The molecule has 90 valence electrons. The van der Waals surface area contributed by atoms with Gasteiger partial charge in [-0.25, -0.2) is 4.98 Å². The van der Waals surface area contributed by atoms with Crippen molar-refractivity contribution >= 4 is 16.7 Å². The van der Waals surface area contributed by atoms with E-state index in [1.54, 1.807) is 0 Å². The molecule has 1 fully saturated rings. The van der Waals surface area contributed by atoms with Gasteiger partial charge in [-0.3, -0.25) is 4.90 Å². The molecule has 0 unspecified atom stereocenters. The lowest BCUT2D eigenvalue weighted by Crippen LogP contribution is -2.20. The Balaban J connectivity index is 1.96. The molecular weight excluding hydrogens is 212 g/mol. The fraction of sp³-hybridized carbons (Fsp3) is 0.462. The van der Waals surface area contributed by atoms with Crippen LogP contribution in [-0.2, 0) is 13.6 Å². The summed E-state index contributed by atoms with van der Waals surface area (Å²) in [5.41, 5.74) is 8.73. The summed E-state index contributed by atoms with van der Waals surface area (Å²) in [6.45, 7) is 3.35. The lowest BCUT2D eigenvalue weighted by Gasteiger charge is -2.13. The molecule has 4 heteroatoms. The number of hydrogen-bond donors (Lipinski definition) is 1. The number of nitrogens with zero attached hydrogens (tertiary/aromatic N) is 3. The number of anilines is 1. The van der Waals surface area contributed by atoms with Gasteiger partial charge < -0.3 is 10.3 Å². The summed E-state index contributed by atoms with van der Waals surface area (Å²) < 4.78 is 2.17. The highest BCUT2D eigenvalue weighted by atomic mass is 15.2. The van der Waals surface area contributed by atoms with Gasteiger partial charge in [-0.15, -0.1) is 0 Å². The second-order valence-electron chi connectivity index (χ2n) is 4.82. The van der Waals surface area contributed by atoms with Crippen LogP contribution >= 0.6 is 0 Å². The molecule has 4 nitrogen and oxygen atoms in total. The average Bonchev–Trinajstić information content (AvgIpc) is 2.89. The van der Waals surface area contributed by atoms with E-state index in [1.165, 1.54) is 25.9 Å². The van der Waals surface area contributed by atoms with Crippen LogP contribution in [0.5, 0.6) is 0 Å². The number of nitrogens with two attached hydrogens (primary N) is 1. The lowest BCUT2D eigenvalue weighted by atomic mass is 10.3. The molecule has 2 aromatic rings. The molecule has 0 aliphatic carbocycles. The summed E-state index contributed by atoms with van der Waals surface area (Å²) in [6.07, 6.45) is 2.63. The summed E-state index contributed by atoms with van der Waals surface area (Å²) in [4.78, 5) is 7.14. The van der Waals surface area contributed by atoms with Gasteiger partial charge in [0.1, 0.15) is 5.82 Å². The zero-order valence-corrected chi connectivity index (χ0v) is 10.2. The number of imidazole rings is 1. The zero-order chi connectivity index (χ0) is 11.8. The first-order valence-electron chi connectivity index (χ1n) is 6.17. The first kappa shape index (κ1) is 10.6. The van der Waals surface area contributed by atoms with Gasteiger partial charge in [-0.2, -0.15) is 0 Å². The number of benzene rings is 1. The van der Waals surface area contributed by atoms with Crippen LogP contribution in [0.15, 0.2) is 18.2 Å². The van der Waals surface area contributed by atoms with Crippen molar-refractivity contribution in [3.8, 4) is 0 Å². The standard InChI is InChI=1S/C13H18N4/c1-16-12-5-4-10(14)8-11(12)15-13(16)9-17-6-2-3-7-17/h4-5,8H,2-3,6-7,9,14H2,1H3. The summed E-state index contributed by atoms with van der Waals surface area (Å²) in [6, 6.07) is 5.93. The van der Waals surface area contributed by atoms with Crippen molar-refractivity contribution < 1.29 is 0 Å². The van der Waals surface area contributed by atoms with Gasteiger partial charge in [0.25, 0.3) is 0 Å². The lowest BCUT2D eigenvalue weighted by molar-refractivity contribution is 0.319. The van der Waals surface area contributed by atoms with Gasteiger partial charge in [0.05, 0.1) is 17.6 Å². The van der Waals surface area contributed by atoms with E-state index in [0.29, 0.717) is 0 Å². The summed E-state index contributed by atoms with van der Waals surface area (Å²) in [7, 11) is 2.08. The quantitative estimate of drug-likeness (QED) is 0.800.